The van der Waals surface area contributed by atoms with Crippen LogP contribution < -0.4 is 15.5 Å². The van der Waals surface area contributed by atoms with Crippen LogP contribution in [0, 0.1) is 11.7 Å². The van der Waals surface area contributed by atoms with E-state index in [0.29, 0.717) is 11.4 Å². The summed E-state index contributed by atoms with van der Waals surface area (Å²) in [6.07, 6.45) is 3.83. The maximum atomic E-state index is 14.4. The monoisotopic (exact) mass is 321 g/mol. The fraction of sp³-hybridized carbons (Fsp3) is 0.611. The maximum absolute atomic E-state index is 14.4. The molecule has 1 fully saturated rings. The van der Waals surface area contributed by atoms with E-state index in [1.54, 1.807) is 12.1 Å². The number of unbranched alkanes of at least 4 members (excludes halogenated alkanes) is 1. The molecule has 1 saturated heterocycles. The van der Waals surface area contributed by atoms with E-state index in [-0.39, 0.29) is 17.6 Å². The molecule has 1 unspecified atom stereocenters. The van der Waals surface area contributed by atoms with Gasteiger partial charge in [-0.3, -0.25) is 4.79 Å². The van der Waals surface area contributed by atoms with Crippen LogP contribution in [0.4, 0.5) is 15.8 Å². The van der Waals surface area contributed by atoms with Gasteiger partial charge < -0.3 is 15.5 Å². The summed E-state index contributed by atoms with van der Waals surface area (Å²) in [7, 11) is 0. The molecule has 1 amide bonds. The van der Waals surface area contributed by atoms with Crippen molar-refractivity contribution in [2.45, 2.75) is 39.5 Å². The van der Waals surface area contributed by atoms with Crippen molar-refractivity contribution < 1.29 is 9.18 Å². The van der Waals surface area contributed by atoms with Gasteiger partial charge in [0.05, 0.1) is 5.69 Å². The molecule has 128 valence electrons. The zero-order valence-corrected chi connectivity index (χ0v) is 14.2. The van der Waals surface area contributed by atoms with Crippen LogP contribution in [0.2, 0.25) is 0 Å². The summed E-state index contributed by atoms with van der Waals surface area (Å²) in [4.78, 5) is 14.3. The smallest absolute Gasteiger partial charge is 0.227 e. The van der Waals surface area contributed by atoms with E-state index in [9.17, 15) is 9.18 Å². The van der Waals surface area contributed by atoms with Crippen LogP contribution in [0.15, 0.2) is 18.2 Å². The number of piperazine rings is 1. The summed E-state index contributed by atoms with van der Waals surface area (Å²) in [5.41, 5.74) is 1.16. The van der Waals surface area contributed by atoms with Gasteiger partial charge in [0.1, 0.15) is 5.82 Å². The van der Waals surface area contributed by atoms with Crippen molar-refractivity contribution in [3.63, 3.8) is 0 Å². The van der Waals surface area contributed by atoms with E-state index in [4.69, 9.17) is 0 Å². The summed E-state index contributed by atoms with van der Waals surface area (Å²) >= 11 is 0. The van der Waals surface area contributed by atoms with Gasteiger partial charge >= 0.3 is 0 Å². The minimum absolute atomic E-state index is 0.00438. The molecule has 0 saturated carbocycles. The molecular formula is C18H28FN3O. The Hall–Kier alpha value is -1.62. The molecule has 1 aromatic rings. The first-order chi connectivity index (χ1) is 11.2. The molecule has 2 N–H and O–H groups in total. The lowest BCUT2D eigenvalue weighted by molar-refractivity contribution is -0.120. The van der Waals surface area contributed by atoms with Crippen molar-refractivity contribution in [1.29, 1.82) is 0 Å². The summed E-state index contributed by atoms with van der Waals surface area (Å²) in [6.45, 7) is 7.49. The lowest BCUT2D eigenvalue weighted by Crippen LogP contribution is -2.43. The van der Waals surface area contributed by atoms with Crippen LogP contribution in [0.1, 0.15) is 39.5 Å². The van der Waals surface area contributed by atoms with Gasteiger partial charge in [-0.25, -0.2) is 4.39 Å². The predicted octanol–water partition coefficient (Wildman–Crippen LogP) is 3.39. The number of carbonyl (C=O) groups excluding carboxylic acids is 1. The first-order valence-electron chi connectivity index (χ1n) is 8.71. The van der Waals surface area contributed by atoms with E-state index in [1.165, 1.54) is 6.07 Å². The molecule has 5 heteroatoms. The first kappa shape index (κ1) is 17.7. The molecule has 2 rings (SSSR count). The Morgan fingerprint density at radius 2 is 2.09 bits per heavy atom. The standard InChI is InChI=1S/C18H28FN3O/c1-3-5-6-14(4-2)18(23)21-15-7-8-17(16(19)13-15)22-11-9-20-10-12-22/h7-8,13-14,20H,3-6,9-12H2,1-2H3,(H,21,23). The number of benzene rings is 1. The van der Waals surface area contributed by atoms with Gasteiger partial charge in [-0.15, -0.1) is 0 Å². The molecule has 0 aliphatic carbocycles. The highest BCUT2D eigenvalue weighted by Gasteiger charge is 2.18. The number of anilines is 2. The highest BCUT2D eigenvalue weighted by Crippen LogP contribution is 2.24. The van der Waals surface area contributed by atoms with Crippen LogP contribution in [0.5, 0.6) is 0 Å². The number of halogens is 1. The zero-order chi connectivity index (χ0) is 16.7. The Labute approximate surface area is 138 Å². The van der Waals surface area contributed by atoms with E-state index in [1.807, 2.05) is 11.8 Å². The van der Waals surface area contributed by atoms with Gasteiger partial charge in [-0.05, 0) is 31.0 Å². The molecule has 4 nitrogen and oxygen atoms in total. The second kappa shape index (κ2) is 8.87. The van der Waals surface area contributed by atoms with Crippen molar-refractivity contribution in [1.82, 2.24) is 5.32 Å². The average Bonchev–Trinajstić information content (AvgIpc) is 2.56. The molecule has 0 aromatic heterocycles. The Kier molecular flexibility index (Phi) is 6.84. The molecule has 1 aliphatic heterocycles. The summed E-state index contributed by atoms with van der Waals surface area (Å²) < 4.78 is 14.4. The molecule has 1 aromatic carbocycles. The Morgan fingerprint density at radius 3 is 2.70 bits per heavy atom. The third kappa shape index (κ3) is 4.93. The summed E-state index contributed by atoms with van der Waals surface area (Å²) in [6, 6.07) is 5.00. The SMILES string of the molecule is CCCCC(CC)C(=O)Nc1ccc(N2CCNCC2)c(F)c1. The third-order valence-electron chi connectivity index (χ3n) is 4.44. The summed E-state index contributed by atoms with van der Waals surface area (Å²) in [5, 5.41) is 6.12. The Morgan fingerprint density at radius 1 is 1.35 bits per heavy atom. The Balaban J connectivity index is 2.00. The highest BCUT2D eigenvalue weighted by atomic mass is 19.1. The van der Waals surface area contributed by atoms with Gasteiger partial charge in [-0.2, -0.15) is 0 Å². The first-order valence-corrected chi connectivity index (χ1v) is 8.71. The van der Waals surface area contributed by atoms with Crippen LogP contribution in [0.3, 0.4) is 0 Å². The van der Waals surface area contributed by atoms with Gasteiger partial charge in [0.15, 0.2) is 0 Å². The van der Waals surface area contributed by atoms with E-state index >= 15 is 0 Å². The molecule has 1 atom stereocenters. The lowest BCUT2D eigenvalue weighted by atomic mass is 9.98. The van der Waals surface area contributed by atoms with Crippen LogP contribution in [-0.2, 0) is 4.79 Å². The third-order valence-corrected chi connectivity index (χ3v) is 4.44. The van der Waals surface area contributed by atoms with Gasteiger partial charge in [0, 0.05) is 37.8 Å². The molecule has 1 heterocycles. The molecule has 0 spiro atoms. The number of rotatable bonds is 7. The number of nitrogens with one attached hydrogen (secondary N) is 2. The number of carbonyl (C=O) groups is 1. The maximum Gasteiger partial charge on any atom is 0.227 e. The van der Waals surface area contributed by atoms with Crippen LogP contribution >= 0.6 is 0 Å². The topological polar surface area (TPSA) is 44.4 Å². The second-order valence-corrected chi connectivity index (χ2v) is 6.14. The van der Waals surface area contributed by atoms with Crippen LogP contribution in [-0.4, -0.2) is 32.1 Å². The molecule has 1 aliphatic rings. The molecular weight excluding hydrogens is 293 g/mol. The van der Waals surface area contributed by atoms with E-state index < -0.39 is 0 Å². The van der Waals surface area contributed by atoms with Gasteiger partial charge in [0.2, 0.25) is 5.91 Å². The van der Waals surface area contributed by atoms with Crippen molar-refractivity contribution in [2.75, 3.05) is 36.4 Å². The van der Waals surface area contributed by atoms with Crippen molar-refractivity contribution >= 4 is 17.3 Å². The predicted molar refractivity (Wildman–Crippen MR) is 93.4 cm³/mol. The minimum Gasteiger partial charge on any atom is -0.367 e. The van der Waals surface area contributed by atoms with Crippen molar-refractivity contribution in [2.24, 2.45) is 5.92 Å². The molecule has 23 heavy (non-hydrogen) atoms. The number of amides is 1. The van der Waals surface area contributed by atoms with Gasteiger partial charge in [-0.1, -0.05) is 26.7 Å². The quantitative estimate of drug-likeness (QED) is 0.809. The number of nitrogens with zero attached hydrogens (tertiary/aromatic N) is 1. The van der Waals surface area contributed by atoms with E-state index in [2.05, 4.69) is 17.6 Å². The summed E-state index contributed by atoms with van der Waals surface area (Å²) in [5.74, 6) is -0.271. The zero-order valence-electron chi connectivity index (χ0n) is 14.2. The average molecular weight is 321 g/mol. The van der Waals surface area contributed by atoms with E-state index in [0.717, 1.165) is 51.9 Å². The fourth-order valence-corrected chi connectivity index (χ4v) is 2.96. The normalized spacial score (nSPS) is 16.2. The second-order valence-electron chi connectivity index (χ2n) is 6.14. The minimum atomic E-state index is -0.272. The number of hydrogen-bond donors (Lipinski definition) is 2. The number of hydrogen-bond acceptors (Lipinski definition) is 3. The van der Waals surface area contributed by atoms with Crippen molar-refractivity contribution in [3.8, 4) is 0 Å². The van der Waals surface area contributed by atoms with Crippen LogP contribution in [0.25, 0.3) is 0 Å². The largest absolute Gasteiger partial charge is 0.367 e. The fourth-order valence-electron chi connectivity index (χ4n) is 2.96. The highest BCUT2D eigenvalue weighted by molar-refractivity contribution is 5.92. The molecule has 0 radical (unpaired) electrons. The van der Waals surface area contributed by atoms with Gasteiger partial charge in [0.25, 0.3) is 0 Å². The lowest BCUT2D eigenvalue weighted by Gasteiger charge is -2.29. The molecule has 0 bridgehead atoms. The van der Waals surface area contributed by atoms with Crippen molar-refractivity contribution in [3.05, 3.63) is 24.0 Å². The Bertz CT molecular complexity index is 515.